The van der Waals surface area contributed by atoms with Crippen molar-refractivity contribution in [2.75, 3.05) is 13.2 Å². The second-order valence-corrected chi connectivity index (χ2v) is 6.65. The van der Waals surface area contributed by atoms with E-state index in [1.807, 2.05) is 49.4 Å². The summed E-state index contributed by atoms with van der Waals surface area (Å²) in [6, 6.07) is 13.5. The lowest BCUT2D eigenvalue weighted by atomic mass is 9.94. The molecule has 1 aliphatic heterocycles. The fourth-order valence-corrected chi connectivity index (χ4v) is 3.26. The molecule has 3 atom stereocenters. The van der Waals surface area contributed by atoms with Gasteiger partial charge in [0, 0.05) is 5.02 Å². The predicted octanol–water partition coefficient (Wildman–Crippen LogP) is 3.51. The SMILES string of the molecule is CCOc1ccc(Cc2cc([C@@H]3OCC[C@H](O)[C@H]3O)ccc2Cl)cc1. The Hall–Kier alpha value is -1.59. The van der Waals surface area contributed by atoms with E-state index in [0.29, 0.717) is 31.1 Å². The Balaban J connectivity index is 1.79. The van der Waals surface area contributed by atoms with E-state index in [4.69, 9.17) is 21.1 Å². The molecule has 3 rings (SSSR count). The summed E-state index contributed by atoms with van der Waals surface area (Å²) in [7, 11) is 0. The minimum Gasteiger partial charge on any atom is -0.494 e. The lowest BCUT2D eigenvalue weighted by Gasteiger charge is -2.32. The first kappa shape index (κ1) is 18.2. The zero-order chi connectivity index (χ0) is 17.8. The van der Waals surface area contributed by atoms with E-state index in [2.05, 4.69) is 0 Å². The summed E-state index contributed by atoms with van der Waals surface area (Å²) in [4.78, 5) is 0. The summed E-state index contributed by atoms with van der Waals surface area (Å²) in [5.74, 6) is 0.846. The zero-order valence-electron chi connectivity index (χ0n) is 14.2. The van der Waals surface area contributed by atoms with Gasteiger partial charge in [-0.1, -0.05) is 35.9 Å². The maximum atomic E-state index is 10.2. The van der Waals surface area contributed by atoms with Gasteiger partial charge in [-0.15, -0.1) is 0 Å². The Morgan fingerprint density at radius 1 is 1.16 bits per heavy atom. The molecule has 0 aliphatic carbocycles. The molecule has 0 bridgehead atoms. The number of halogens is 1. The van der Waals surface area contributed by atoms with E-state index in [-0.39, 0.29) is 0 Å². The Morgan fingerprint density at radius 3 is 2.64 bits per heavy atom. The highest BCUT2D eigenvalue weighted by molar-refractivity contribution is 6.31. The van der Waals surface area contributed by atoms with Crippen LogP contribution in [-0.4, -0.2) is 35.6 Å². The van der Waals surface area contributed by atoms with E-state index >= 15 is 0 Å². The number of rotatable bonds is 5. The molecule has 5 heteroatoms. The van der Waals surface area contributed by atoms with Crippen LogP contribution < -0.4 is 4.74 Å². The molecule has 0 saturated carbocycles. The average Bonchev–Trinajstić information content (AvgIpc) is 2.61. The maximum Gasteiger partial charge on any atom is 0.119 e. The molecular weight excluding hydrogens is 340 g/mol. The molecule has 0 radical (unpaired) electrons. The molecule has 1 aliphatic rings. The first-order valence-corrected chi connectivity index (χ1v) is 8.94. The van der Waals surface area contributed by atoms with Crippen LogP contribution in [0.25, 0.3) is 0 Å². The van der Waals surface area contributed by atoms with Crippen LogP contribution in [0.3, 0.4) is 0 Å². The second-order valence-electron chi connectivity index (χ2n) is 6.24. The molecule has 2 aromatic carbocycles. The van der Waals surface area contributed by atoms with Gasteiger partial charge in [0.15, 0.2) is 0 Å². The maximum absolute atomic E-state index is 10.2. The van der Waals surface area contributed by atoms with Gasteiger partial charge in [-0.3, -0.25) is 0 Å². The van der Waals surface area contributed by atoms with E-state index in [1.165, 1.54) is 0 Å². The highest BCUT2D eigenvalue weighted by atomic mass is 35.5. The van der Waals surface area contributed by atoms with Gasteiger partial charge >= 0.3 is 0 Å². The van der Waals surface area contributed by atoms with E-state index in [1.54, 1.807) is 0 Å². The second kappa shape index (κ2) is 8.19. The van der Waals surface area contributed by atoms with Gasteiger partial charge in [-0.2, -0.15) is 0 Å². The lowest BCUT2D eigenvalue weighted by molar-refractivity contribution is -0.137. The predicted molar refractivity (Wildman–Crippen MR) is 97.2 cm³/mol. The fourth-order valence-electron chi connectivity index (χ4n) is 3.08. The van der Waals surface area contributed by atoms with Crippen LogP contribution in [0, 0.1) is 0 Å². The van der Waals surface area contributed by atoms with Crippen LogP contribution in [0.5, 0.6) is 5.75 Å². The molecule has 0 spiro atoms. The fraction of sp³-hybridized carbons (Fsp3) is 0.400. The molecule has 1 fully saturated rings. The van der Waals surface area contributed by atoms with E-state index in [0.717, 1.165) is 22.4 Å². The molecular formula is C20H23ClO4. The van der Waals surface area contributed by atoms with Crippen molar-refractivity contribution in [3.8, 4) is 5.75 Å². The van der Waals surface area contributed by atoms with Crippen molar-refractivity contribution in [2.24, 2.45) is 0 Å². The normalized spacial score (nSPS) is 23.4. The van der Waals surface area contributed by atoms with Crippen molar-refractivity contribution in [1.29, 1.82) is 0 Å². The monoisotopic (exact) mass is 362 g/mol. The quantitative estimate of drug-likeness (QED) is 0.854. The van der Waals surface area contributed by atoms with Crippen LogP contribution in [0.1, 0.15) is 36.1 Å². The average molecular weight is 363 g/mol. The van der Waals surface area contributed by atoms with Crippen molar-refractivity contribution >= 4 is 11.6 Å². The Bertz CT molecular complexity index is 701. The van der Waals surface area contributed by atoms with E-state index in [9.17, 15) is 10.2 Å². The topological polar surface area (TPSA) is 58.9 Å². The summed E-state index contributed by atoms with van der Waals surface area (Å²) < 4.78 is 11.1. The van der Waals surface area contributed by atoms with Crippen molar-refractivity contribution in [3.05, 3.63) is 64.2 Å². The molecule has 0 unspecified atom stereocenters. The van der Waals surface area contributed by atoms with Gasteiger partial charge in [0.1, 0.15) is 18.0 Å². The van der Waals surface area contributed by atoms with Crippen LogP contribution >= 0.6 is 11.6 Å². The number of hydrogen-bond donors (Lipinski definition) is 2. The lowest BCUT2D eigenvalue weighted by Crippen LogP contribution is -2.39. The van der Waals surface area contributed by atoms with Crippen molar-refractivity contribution in [1.82, 2.24) is 0 Å². The third-order valence-corrected chi connectivity index (χ3v) is 4.81. The van der Waals surface area contributed by atoms with Crippen LogP contribution in [0.2, 0.25) is 5.02 Å². The summed E-state index contributed by atoms with van der Waals surface area (Å²) in [5.41, 5.74) is 2.91. The molecule has 1 saturated heterocycles. The first-order valence-electron chi connectivity index (χ1n) is 8.56. The van der Waals surface area contributed by atoms with Crippen molar-refractivity contribution < 1.29 is 19.7 Å². The summed E-state index contributed by atoms with van der Waals surface area (Å²) in [6.07, 6.45) is -1.09. The van der Waals surface area contributed by atoms with Crippen molar-refractivity contribution in [2.45, 2.75) is 38.1 Å². The minimum absolute atomic E-state index is 0.430. The first-order chi connectivity index (χ1) is 12.1. The molecule has 1 heterocycles. The third kappa shape index (κ3) is 4.33. The Kier molecular flexibility index (Phi) is 5.97. The molecule has 4 nitrogen and oxygen atoms in total. The van der Waals surface area contributed by atoms with Gasteiger partial charge in [0.2, 0.25) is 0 Å². The molecule has 2 N–H and O–H groups in total. The Morgan fingerprint density at radius 2 is 1.92 bits per heavy atom. The molecule has 2 aromatic rings. The number of aliphatic hydroxyl groups excluding tert-OH is 2. The number of ether oxygens (including phenoxy) is 2. The highest BCUT2D eigenvalue weighted by Crippen LogP contribution is 2.32. The van der Waals surface area contributed by atoms with Crippen LogP contribution in [0.15, 0.2) is 42.5 Å². The summed E-state index contributed by atoms with van der Waals surface area (Å²) in [6.45, 7) is 3.03. The van der Waals surface area contributed by atoms with Gasteiger partial charge in [-0.25, -0.2) is 0 Å². The molecule has 134 valence electrons. The van der Waals surface area contributed by atoms with Crippen LogP contribution in [-0.2, 0) is 11.2 Å². The van der Waals surface area contributed by atoms with Crippen molar-refractivity contribution in [3.63, 3.8) is 0 Å². The van der Waals surface area contributed by atoms with Gasteiger partial charge < -0.3 is 19.7 Å². The molecule has 0 aromatic heterocycles. The largest absolute Gasteiger partial charge is 0.494 e. The van der Waals surface area contributed by atoms with Gasteiger partial charge in [0.05, 0.1) is 19.3 Å². The van der Waals surface area contributed by atoms with Gasteiger partial charge in [0.25, 0.3) is 0 Å². The van der Waals surface area contributed by atoms with Gasteiger partial charge in [-0.05, 0) is 54.7 Å². The molecule has 0 amide bonds. The summed E-state index contributed by atoms with van der Waals surface area (Å²) in [5, 5.41) is 20.7. The zero-order valence-corrected chi connectivity index (χ0v) is 14.9. The number of hydrogen-bond acceptors (Lipinski definition) is 4. The standard InChI is InChI=1S/C20H23ClO4/c1-2-24-16-6-3-13(4-7-16)11-15-12-14(5-8-17(15)21)20-19(23)18(22)9-10-25-20/h3-8,12,18-20,22-23H,2,9-11H2,1H3/t18-,19+,20-/m0/s1. The molecule has 25 heavy (non-hydrogen) atoms. The summed E-state index contributed by atoms with van der Waals surface area (Å²) >= 11 is 6.35. The minimum atomic E-state index is -0.923. The third-order valence-electron chi connectivity index (χ3n) is 4.44. The highest BCUT2D eigenvalue weighted by Gasteiger charge is 2.32. The smallest absolute Gasteiger partial charge is 0.119 e. The van der Waals surface area contributed by atoms with Crippen LogP contribution in [0.4, 0.5) is 0 Å². The number of aliphatic hydroxyl groups is 2. The Labute approximate surface area is 153 Å². The number of benzene rings is 2. The van der Waals surface area contributed by atoms with E-state index < -0.39 is 18.3 Å².